The number of amides is 1. The van der Waals surface area contributed by atoms with Crippen LogP contribution in [0, 0.1) is 0 Å². The molecule has 1 fully saturated rings. The van der Waals surface area contributed by atoms with Gasteiger partial charge in [0, 0.05) is 28.2 Å². The van der Waals surface area contributed by atoms with Gasteiger partial charge >= 0.3 is 11.0 Å². The van der Waals surface area contributed by atoms with E-state index in [1.165, 1.54) is 36.1 Å². The van der Waals surface area contributed by atoms with Gasteiger partial charge in [-0.3, -0.25) is 9.36 Å². The number of aliphatic hydroxyl groups is 2. The lowest BCUT2D eigenvalue weighted by Crippen LogP contribution is -2.40. The molecular formula is C16H22N6O6S. The van der Waals surface area contributed by atoms with E-state index in [9.17, 15) is 19.8 Å². The molecule has 2 N–H and O–H groups in total. The Bertz CT molecular complexity index is 972. The predicted molar refractivity (Wildman–Crippen MR) is 104 cm³/mol. The smallest absolute Gasteiger partial charge is 0.409 e. The van der Waals surface area contributed by atoms with Crippen LogP contribution >= 0.6 is 11.3 Å². The number of fused-ring (bicyclic) bond motifs is 1. The monoisotopic (exact) mass is 426 g/mol. The molecule has 0 spiro atoms. The Morgan fingerprint density at radius 3 is 2.79 bits per heavy atom. The number of aliphatic hydroxyl groups excluding tert-OH is 2. The van der Waals surface area contributed by atoms with E-state index in [0.717, 1.165) is 11.3 Å². The van der Waals surface area contributed by atoms with Crippen molar-refractivity contribution in [3.8, 4) is 0 Å². The van der Waals surface area contributed by atoms with E-state index < -0.39 is 42.1 Å². The second-order valence-corrected chi connectivity index (χ2v) is 7.78. The van der Waals surface area contributed by atoms with Gasteiger partial charge in [-0.1, -0.05) is 11.3 Å². The van der Waals surface area contributed by atoms with Crippen LogP contribution < -0.4 is 4.87 Å². The van der Waals surface area contributed by atoms with Gasteiger partial charge in [-0.05, 0) is 0 Å². The van der Waals surface area contributed by atoms with Crippen molar-refractivity contribution in [1.29, 1.82) is 0 Å². The third-order valence-electron chi connectivity index (χ3n) is 4.10. The molecule has 29 heavy (non-hydrogen) atoms. The minimum Gasteiger partial charge on any atom is -0.438 e. The summed E-state index contributed by atoms with van der Waals surface area (Å²) < 4.78 is 12.6. The molecule has 0 unspecified atom stereocenters. The fraction of sp³-hybridized carbons (Fsp3) is 0.562. The number of hydrogen-bond acceptors (Lipinski definition) is 10. The molecule has 4 atom stereocenters. The Kier molecular flexibility index (Phi) is 6.12. The van der Waals surface area contributed by atoms with Gasteiger partial charge in [0.25, 0.3) is 5.95 Å². The van der Waals surface area contributed by atoms with Gasteiger partial charge in [0.05, 0.1) is 23.8 Å². The first-order chi connectivity index (χ1) is 13.7. The lowest BCUT2D eigenvalue weighted by molar-refractivity contribution is -0.0557. The molecule has 158 valence electrons. The van der Waals surface area contributed by atoms with Crippen molar-refractivity contribution in [2.24, 2.45) is 4.99 Å². The van der Waals surface area contributed by atoms with E-state index in [1.54, 1.807) is 19.0 Å². The second kappa shape index (κ2) is 8.41. The third-order valence-corrected chi connectivity index (χ3v) is 4.98. The molecular weight excluding hydrogens is 404 g/mol. The van der Waals surface area contributed by atoms with Crippen LogP contribution in [0.1, 0.15) is 6.23 Å². The summed E-state index contributed by atoms with van der Waals surface area (Å²) in [6.07, 6.45) is -2.51. The Hall–Kier alpha value is -2.61. The maximum absolute atomic E-state index is 12.7. The fourth-order valence-electron chi connectivity index (χ4n) is 2.71. The highest BCUT2D eigenvalue weighted by atomic mass is 32.1. The molecule has 0 radical (unpaired) electrons. The second-order valence-electron chi connectivity index (χ2n) is 6.79. The lowest BCUT2D eigenvalue weighted by Gasteiger charge is -2.23. The van der Waals surface area contributed by atoms with E-state index in [2.05, 4.69) is 15.0 Å². The van der Waals surface area contributed by atoms with Crippen LogP contribution in [0.2, 0.25) is 0 Å². The zero-order valence-corrected chi connectivity index (χ0v) is 17.1. The van der Waals surface area contributed by atoms with Gasteiger partial charge in [0.2, 0.25) is 0 Å². The highest BCUT2D eigenvalue weighted by molar-refractivity contribution is 7.16. The summed E-state index contributed by atoms with van der Waals surface area (Å²) in [5.74, 6) is 0.122. The first kappa shape index (κ1) is 21.1. The Labute approximate surface area is 169 Å². The lowest BCUT2D eigenvalue weighted by atomic mass is 10.1. The van der Waals surface area contributed by atoms with Gasteiger partial charge in [-0.2, -0.15) is 4.98 Å². The number of aromatic nitrogens is 3. The van der Waals surface area contributed by atoms with E-state index >= 15 is 0 Å². The quantitative estimate of drug-likeness (QED) is 0.473. The summed E-state index contributed by atoms with van der Waals surface area (Å²) >= 11 is 0.881. The molecule has 1 aliphatic rings. The van der Waals surface area contributed by atoms with Crippen LogP contribution in [0.25, 0.3) is 10.3 Å². The molecule has 13 heteroatoms. The van der Waals surface area contributed by atoms with E-state index in [0.29, 0.717) is 4.70 Å². The zero-order chi connectivity index (χ0) is 21.3. The summed E-state index contributed by atoms with van der Waals surface area (Å²) in [4.78, 5) is 39.7. The molecule has 0 aromatic carbocycles. The minimum absolute atomic E-state index is 0.122. The largest absolute Gasteiger partial charge is 0.438 e. The summed E-state index contributed by atoms with van der Waals surface area (Å²) in [7, 11) is 6.54. The number of nitrogens with zero attached hydrogens (tertiary/aromatic N) is 6. The van der Waals surface area contributed by atoms with E-state index in [-0.39, 0.29) is 11.6 Å². The molecule has 1 amide bonds. The van der Waals surface area contributed by atoms with Crippen LogP contribution in [-0.2, 0) is 9.47 Å². The summed E-state index contributed by atoms with van der Waals surface area (Å²) in [6, 6.07) is 0. The first-order valence-corrected chi connectivity index (χ1v) is 9.45. The number of aliphatic imine (C=N–C) groups is 1. The molecule has 3 heterocycles. The van der Waals surface area contributed by atoms with Crippen molar-refractivity contribution in [3.05, 3.63) is 15.9 Å². The Morgan fingerprint density at radius 2 is 2.17 bits per heavy atom. The van der Waals surface area contributed by atoms with E-state index in [4.69, 9.17) is 9.47 Å². The fourth-order valence-corrected chi connectivity index (χ4v) is 3.52. The summed E-state index contributed by atoms with van der Waals surface area (Å²) in [6.45, 7) is -0.516. The van der Waals surface area contributed by atoms with Crippen molar-refractivity contribution in [2.75, 3.05) is 34.8 Å². The van der Waals surface area contributed by atoms with Crippen LogP contribution in [-0.4, -0.2) is 100 Å². The van der Waals surface area contributed by atoms with Crippen molar-refractivity contribution >= 4 is 40.1 Å². The number of thiazole rings is 1. The maximum Gasteiger partial charge on any atom is 0.409 e. The van der Waals surface area contributed by atoms with Gasteiger partial charge in [-0.25, -0.2) is 14.8 Å². The first-order valence-electron chi connectivity index (χ1n) is 8.64. The van der Waals surface area contributed by atoms with Crippen molar-refractivity contribution < 1.29 is 24.5 Å². The molecule has 0 aliphatic carbocycles. The molecule has 3 rings (SSSR count). The maximum atomic E-state index is 12.7. The average Bonchev–Trinajstić information content (AvgIpc) is 3.15. The summed E-state index contributed by atoms with van der Waals surface area (Å²) in [5.41, 5.74) is 0.225. The van der Waals surface area contributed by atoms with Gasteiger partial charge < -0.3 is 29.5 Å². The molecule has 12 nitrogen and oxygen atoms in total. The number of hydrogen-bond donors (Lipinski definition) is 2. The number of ether oxygens (including phenoxy) is 2. The van der Waals surface area contributed by atoms with Crippen LogP contribution in [0.15, 0.2) is 16.0 Å². The highest BCUT2D eigenvalue weighted by Crippen LogP contribution is 2.34. The predicted octanol–water partition coefficient (Wildman–Crippen LogP) is -0.608. The van der Waals surface area contributed by atoms with Crippen molar-refractivity contribution in [1.82, 2.24) is 24.3 Å². The molecule has 2 aromatic heterocycles. The zero-order valence-electron chi connectivity index (χ0n) is 16.3. The highest BCUT2D eigenvalue weighted by Gasteiger charge is 2.48. The summed E-state index contributed by atoms with van der Waals surface area (Å²) in [5, 5.41) is 19.9. The topological polar surface area (TPSA) is 143 Å². The van der Waals surface area contributed by atoms with Crippen molar-refractivity contribution in [2.45, 2.75) is 24.5 Å². The minimum atomic E-state index is -1.33. The normalized spacial score (nSPS) is 24.3. The third kappa shape index (κ3) is 4.22. The van der Waals surface area contributed by atoms with Crippen LogP contribution in [0.3, 0.4) is 0 Å². The molecule has 0 saturated carbocycles. The SMILES string of the molecule is CN(C)C=Nc1ncc2sc(=O)n([C@@H]3O[C@H](CO)[C@H](O)[C@H]3OC(=O)N(C)C)c2n1. The van der Waals surface area contributed by atoms with E-state index in [1.807, 2.05) is 0 Å². The molecule has 1 aliphatic heterocycles. The standard InChI is InChI=1S/C16H22N6O6S/c1-20(2)7-18-14-17-5-9-12(19-14)22(16(26)29-9)13-11(28-15(25)21(3)4)10(24)8(6-23)27-13/h5,7-8,10-11,13,23-24H,6H2,1-4H3/t8-,10+,11-,13-/m1/s1. The number of carbonyl (C=O) groups excluding carboxylic acids is 1. The van der Waals surface area contributed by atoms with Gasteiger partial charge in [0.15, 0.2) is 18.0 Å². The Balaban J connectivity index is 2.06. The molecule has 0 bridgehead atoms. The van der Waals surface area contributed by atoms with Gasteiger partial charge in [-0.15, -0.1) is 0 Å². The van der Waals surface area contributed by atoms with Crippen LogP contribution in [0.5, 0.6) is 0 Å². The number of carbonyl (C=O) groups is 1. The van der Waals surface area contributed by atoms with Crippen LogP contribution in [0.4, 0.5) is 10.7 Å². The average molecular weight is 426 g/mol. The van der Waals surface area contributed by atoms with Crippen molar-refractivity contribution in [3.63, 3.8) is 0 Å². The molecule has 2 aromatic rings. The Morgan fingerprint density at radius 1 is 1.45 bits per heavy atom. The number of rotatable bonds is 5. The molecule has 1 saturated heterocycles. The van der Waals surface area contributed by atoms with Gasteiger partial charge in [0.1, 0.15) is 12.2 Å².